The molecule has 1 aliphatic heterocycles. The molecule has 3 rings (SSSR count). The Balaban J connectivity index is 0.00000132. The van der Waals surface area contributed by atoms with Gasteiger partial charge in [0.1, 0.15) is 5.76 Å². The lowest BCUT2D eigenvalue weighted by atomic mass is 10.1. The molecule has 128 valence electrons. The maximum Gasteiger partial charge on any atom is 0.226 e. The molecule has 7 heteroatoms. The first kappa shape index (κ1) is 20.3. The van der Waals surface area contributed by atoms with Crippen LogP contribution in [0.25, 0.3) is 11.5 Å². The van der Waals surface area contributed by atoms with Gasteiger partial charge in [0.2, 0.25) is 5.89 Å². The highest BCUT2D eigenvalue weighted by Gasteiger charge is 2.19. The minimum Gasteiger partial charge on any atom is -0.441 e. The molecule has 1 aromatic carbocycles. The fourth-order valence-corrected chi connectivity index (χ4v) is 2.83. The Hall–Kier alpha value is -0.780. The number of oxazole rings is 1. The Morgan fingerprint density at radius 3 is 2.65 bits per heavy atom. The van der Waals surface area contributed by atoms with Crippen LogP contribution in [0, 0.1) is 6.92 Å². The van der Waals surface area contributed by atoms with Gasteiger partial charge in [-0.3, -0.25) is 4.90 Å². The molecule has 1 saturated heterocycles. The minimum absolute atomic E-state index is 0. The van der Waals surface area contributed by atoms with Crippen LogP contribution >= 0.6 is 36.4 Å². The van der Waals surface area contributed by atoms with E-state index in [0.717, 1.165) is 49.5 Å². The summed E-state index contributed by atoms with van der Waals surface area (Å²) in [6.07, 6.45) is 2.11. The zero-order valence-electron chi connectivity index (χ0n) is 13.0. The number of aryl methyl sites for hydroxylation is 1. The third-order valence-electron chi connectivity index (χ3n) is 3.97. The van der Waals surface area contributed by atoms with Crippen molar-refractivity contribution in [2.24, 2.45) is 5.73 Å². The number of hydrogen-bond donors (Lipinski definition) is 1. The summed E-state index contributed by atoms with van der Waals surface area (Å²) in [5.74, 6) is 1.51. The third-order valence-corrected chi connectivity index (χ3v) is 4.20. The standard InChI is InChI=1S/C16H20ClN3O.2ClH/c1-11-15(10-20-7-5-14(18)6-8-20)19-16(21-11)12-3-2-4-13(17)9-12;;/h2-4,9,14H,5-8,10,18H2,1H3;2*1H. The SMILES string of the molecule is Cc1oc(-c2cccc(Cl)c2)nc1CN1CCC(N)CC1.Cl.Cl. The molecule has 0 radical (unpaired) electrons. The maximum absolute atomic E-state index is 6.02. The molecule has 0 unspecified atom stereocenters. The lowest BCUT2D eigenvalue weighted by Crippen LogP contribution is -2.39. The highest BCUT2D eigenvalue weighted by atomic mass is 35.5. The molecule has 23 heavy (non-hydrogen) atoms. The van der Waals surface area contributed by atoms with E-state index in [-0.39, 0.29) is 24.8 Å². The summed E-state index contributed by atoms with van der Waals surface area (Å²) in [7, 11) is 0. The van der Waals surface area contributed by atoms with E-state index in [9.17, 15) is 0 Å². The molecular weight excluding hydrogens is 357 g/mol. The Labute approximate surface area is 154 Å². The molecule has 4 nitrogen and oxygen atoms in total. The van der Waals surface area contributed by atoms with Crippen LogP contribution in [0.2, 0.25) is 5.02 Å². The van der Waals surface area contributed by atoms with E-state index >= 15 is 0 Å². The maximum atomic E-state index is 6.02. The lowest BCUT2D eigenvalue weighted by Gasteiger charge is -2.29. The number of halogens is 3. The molecule has 0 atom stereocenters. The van der Waals surface area contributed by atoms with Crippen molar-refractivity contribution in [3.05, 3.63) is 40.7 Å². The lowest BCUT2D eigenvalue weighted by molar-refractivity contribution is 0.203. The van der Waals surface area contributed by atoms with Gasteiger partial charge in [0.05, 0.1) is 5.69 Å². The number of nitrogens with two attached hydrogens (primary N) is 1. The van der Waals surface area contributed by atoms with Crippen molar-refractivity contribution in [2.75, 3.05) is 13.1 Å². The third kappa shape index (κ3) is 5.10. The van der Waals surface area contributed by atoms with Crippen LogP contribution in [-0.4, -0.2) is 29.0 Å². The summed E-state index contributed by atoms with van der Waals surface area (Å²) >= 11 is 6.02. The van der Waals surface area contributed by atoms with E-state index in [4.69, 9.17) is 21.8 Å². The summed E-state index contributed by atoms with van der Waals surface area (Å²) in [6, 6.07) is 7.93. The quantitative estimate of drug-likeness (QED) is 0.874. The van der Waals surface area contributed by atoms with Gasteiger partial charge in [0.25, 0.3) is 0 Å². The Bertz CT molecular complexity index is 625. The van der Waals surface area contributed by atoms with Gasteiger partial charge in [-0.1, -0.05) is 17.7 Å². The van der Waals surface area contributed by atoms with Gasteiger partial charge >= 0.3 is 0 Å². The average molecular weight is 379 g/mol. The van der Waals surface area contributed by atoms with Crippen molar-refractivity contribution < 1.29 is 4.42 Å². The van der Waals surface area contributed by atoms with Crippen molar-refractivity contribution in [2.45, 2.75) is 32.4 Å². The van der Waals surface area contributed by atoms with Gasteiger partial charge in [-0.15, -0.1) is 24.8 Å². The Morgan fingerprint density at radius 2 is 2.00 bits per heavy atom. The number of aromatic nitrogens is 1. The first-order valence-corrected chi connectivity index (χ1v) is 7.70. The van der Waals surface area contributed by atoms with Crippen LogP contribution in [0.15, 0.2) is 28.7 Å². The van der Waals surface area contributed by atoms with Crippen LogP contribution in [0.5, 0.6) is 0 Å². The summed E-state index contributed by atoms with van der Waals surface area (Å²) in [5.41, 5.74) is 7.86. The number of benzene rings is 1. The molecule has 1 fully saturated rings. The van der Waals surface area contributed by atoms with Crippen LogP contribution in [0.3, 0.4) is 0 Å². The van der Waals surface area contributed by atoms with Crippen LogP contribution < -0.4 is 5.73 Å². The van der Waals surface area contributed by atoms with Crippen LogP contribution in [-0.2, 0) is 6.54 Å². The zero-order chi connectivity index (χ0) is 14.8. The highest BCUT2D eigenvalue weighted by molar-refractivity contribution is 6.30. The molecule has 0 spiro atoms. The van der Waals surface area contributed by atoms with Gasteiger partial charge in [-0.05, 0) is 38.0 Å². The normalized spacial score (nSPS) is 15.8. The number of likely N-dealkylation sites (tertiary alicyclic amines) is 1. The Kier molecular flexibility index (Phi) is 7.84. The molecule has 1 aromatic heterocycles. The van der Waals surface area contributed by atoms with Crippen molar-refractivity contribution in [3.63, 3.8) is 0 Å². The van der Waals surface area contributed by atoms with Crippen molar-refractivity contribution in [1.82, 2.24) is 9.88 Å². The number of nitrogens with zero attached hydrogens (tertiary/aromatic N) is 2. The van der Waals surface area contributed by atoms with Crippen LogP contribution in [0.1, 0.15) is 24.3 Å². The number of piperidine rings is 1. The fraction of sp³-hybridized carbons (Fsp3) is 0.438. The topological polar surface area (TPSA) is 55.3 Å². The largest absolute Gasteiger partial charge is 0.441 e. The summed E-state index contributed by atoms with van der Waals surface area (Å²) in [5, 5.41) is 0.690. The summed E-state index contributed by atoms with van der Waals surface area (Å²) in [4.78, 5) is 7.02. The van der Waals surface area contributed by atoms with E-state index in [0.29, 0.717) is 17.0 Å². The van der Waals surface area contributed by atoms with Crippen molar-refractivity contribution in [3.8, 4) is 11.5 Å². The molecule has 0 saturated carbocycles. The van der Waals surface area contributed by atoms with E-state index < -0.39 is 0 Å². The molecule has 2 aromatic rings. The number of hydrogen-bond acceptors (Lipinski definition) is 4. The second-order valence-corrected chi connectivity index (χ2v) is 6.08. The van der Waals surface area contributed by atoms with E-state index in [1.807, 2.05) is 31.2 Å². The zero-order valence-corrected chi connectivity index (χ0v) is 15.4. The van der Waals surface area contributed by atoms with E-state index in [2.05, 4.69) is 9.88 Å². The van der Waals surface area contributed by atoms with E-state index in [1.54, 1.807) is 0 Å². The molecular formula is C16H22Cl3N3O. The van der Waals surface area contributed by atoms with Crippen molar-refractivity contribution in [1.29, 1.82) is 0 Å². The molecule has 0 bridgehead atoms. The second kappa shape index (κ2) is 8.90. The van der Waals surface area contributed by atoms with Crippen molar-refractivity contribution >= 4 is 36.4 Å². The predicted molar refractivity (Wildman–Crippen MR) is 98.7 cm³/mol. The first-order valence-electron chi connectivity index (χ1n) is 7.32. The fourth-order valence-electron chi connectivity index (χ4n) is 2.64. The second-order valence-electron chi connectivity index (χ2n) is 5.65. The molecule has 2 heterocycles. The molecule has 0 aliphatic carbocycles. The van der Waals surface area contributed by atoms with Gasteiger partial charge in [-0.2, -0.15) is 0 Å². The smallest absolute Gasteiger partial charge is 0.226 e. The summed E-state index contributed by atoms with van der Waals surface area (Å²) < 4.78 is 5.80. The average Bonchev–Trinajstić information content (AvgIpc) is 2.83. The van der Waals surface area contributed by atoms with E-state index in [1.165, 1.54) is 0 Å². The molecule has 0 amide bonds. The van der Waals surface area contributed by atoms with Gasteiger partial charge in [-0.25, -0.2) is 4.98 Å². The number of rotatable bonds is 3. The van der Waals surface area contributed by atoms with Crippen LogP contribution in [0.4, 0.5) is 0 Å². The van der Waals surface area contributed by atoms with Gasteiger partial charge in [0.15, 0.2) is 0 Å². The predicted octanol–water partition coefficient (Wildman–Crippen LogP) is 4.07. The Morgan fingerprint density at radius 1 is 1.30 bits per heavy atom. The van der Waals surface area contributed by atoms with Gasteiger partial charge < -0.3 is 10.2 Å². The molecule has 2 N–H and O–H groups in total. The first-order chi connectivity index (χ1) is 10.1. The monoisotopic (exact) mass is 377 g/mol. The molecule has 1 aliphatic rings. The van der Waals surface area contributed by atoms with Gasteiger partial charge in [0, 0.05) is 36.3 Å². The highest BCUT2D eigenvalue weighted by Crippen LogP contribution is 2.25. The minimum atomic E-state index is 0. The summed E-state index contributed by atoms with van der Waals surface area (Å²) in [6.45, 7) is 4.84.